The first kappa shape index (κ1) is 11.1. The van der Waals surface area contributed by atoms with E-state index in [0.29, 0.717) is 13.2 Å². The van der Waals surface area contributed by atoms with Crippen LogP contribution < -0.4 is 4.57 Å². The van der Waals surface area contributed by atoms with Gasteiger partial charge >= 0.3 is 0 Å². The van der Waals surface area contributed by atoms with Crippen LogP contribution >= 0.6 is 0 Å². The van der Waals surface area contributed by atoms with Gasteiger partial charge in [-0.25, -0.2) is 4.57 Å². The molecule has 0 saturated carbocycles. The molecule has 0 N–H and O–H groups in total. The third kappa shape index (κ3) is 4.94. The molecule has 0 atom stereocenters. The monoisotopic (exact) mass is 196 g/mol. The minimum atomic E-state index is 0.682. The normalized spacial score (nSPS) is 10.4. The van der Waals surface area contributed by atoms with Crippen LogP contribution in [0.3, 0.4) is 0 Å². The Morgan fingerprint density at radius 1 is 0.929 bits per heavy atom. The fourth-order valence-corrected chi connectivity index (χ4v) is 1.12. The van der Waals surface area contributed by atoms with Gasteiger partial charge in [0.15, 0.2) is 18.9 Å². The minimum Gasteiger partial charge on any atom is -0.379 e. The lowest BCUT2D eigenvalue weighted by Gasteiger charge is -2.01. The lowest BCUT2D eigenvalue weighted by Crippen LogP contribution is -2.34. The van der Waals surface area contributed by atoms with E-state index in [0.717, 1.165) is 19.8 Å². The standard InChI is InChI=1S/C11H18NO2/c1-2-13-10-11-14-9-8-12-6-4-3-5-7-12/h3-7H,2,8-11H2,1H3/q+1. The van der Waals surface area contributed by atoms with E-state index in [-0.39, 0.29) is 0 Å². The zero-order valence-electron chi connectivity index (χ0n) is 8.69. The van der Waals surface area contributed by atoms with Gasteiger partial charge in [0.2, 0.25) is 0 Å². The highest BCUT2D eigenvalue weighted by atomic mass is 16.5. The molecule has 0 aromatic carbocycles. The van der Waals surface area contributed by atoms with E-state index in [1.165, 1.54) is 0 Å². The smallest absolute Gasteiger partial charge is 0.171 e. The highest BCUT2D eigenvalue weighted by Crippen LogP contribution is 1.80. The van der Waals surface area contributed by atoms with Crippen molar-refractivity contribution in [1.29, 1.82) is 0 Å². The fourth-order valence-electron chi connectivity index (χ4n) is 1.12. The summed E-state index contributed by atoms with van der Waals surface area (Å²) in [7, 11) is 0. The first-order valence-electron chi connectivity index (χ1n) is 5.03. The van der Waals surface area contributed by atoms with Gasteiger partial charge in [-0.1, -0.05) is 6.07 Å². The molecule has 0 saturated heterocycles. The Balaban J connectivity index is 1.99. The van der Waals surface area contributed by atoms with Gasteiger partial charge in [-0.15, -0.1) is 0 Å². The zero-order valence-corrected chi connectivity index (χ0v) is 8.69. The first-order valence-corrected chi connectivity index (χ1v) is 5.03. The van der Waals surface area contributed by atoms with Crippen molar-refractivity contribution in [3.8, 4) is 0 Å². The van der Waals surface area contributed by atoms with Crippen molar-refractivity contribution in [3.05, 3.63) is 30.6 Å². The number of pyridine rings is 1. The second kappa shape index (κ2) is 7.47. The van der Waals surface area contributed by atoms with Gasteiger partial charge in [-0.3, -0.25) is 0 Å². The molecule has 1 rings (SSSR count). The summed E-state index contributed by atoms with van der Waals surface area (Å²) < 4.78 is 12.6. The molecule has 0 radical (unpaired) electrons. The summed E-state index contributed by atoms with van der Waals surface area (Å²) in [4.78, 5) is 0. The summed E-state index contributed by atoms with van der Waals surface area (Å²) in [5.74, 6) is 0. The Labute approximate surface area is 85.3 Å². The highest BCUT2D eigenvalue weighted by Gasteiger charge is 1.96. The molecule has 0 unspecified atom stereocenters. The van der Waals surface area contributed by atoms with E-state index >= 15 is 0 Å². The van der Waals surface area contributed by atoms with Crippen molar-refractivity contribution in [2.24, 2.45) is 0 Å². The SMILES string of the molecule is CCOCCOCC[n+]1ccccc1. The Hall–Kier alpha value is -0.930. The maximum absolute atomic E-state index is 5.39. The lowest BCUT2D eigenvalue weighted by molar-refractivity contribution is -0.698. The molecule has 0 aliphatic carbocycles. The molecule has 14 heavy (non-hydrogen) atoms. The molecule has 78 valence electrons. The van der Waals surface area contributed by atoms with Crippen LogP contribution in [0, 0.1) is 0 Å². The maximum Gasteiger partial charge on any atom is 0.171 e. The average molecular weight is 196 g/mol. The lowest BCUT2D eigenvalue weighted by atomic mass is 10.5. The second-order valence-electron chi connectivity index (χ2n) is 2.92. The van der Waals surface area contributed by atoms with Crippen molar-refractivity contribution in [2.75, 3.05) is 26.4 Å². The van der Waals surface area contributed by atoms with Crippen LogP contribution in [0.25, 0.3) is 0 Å². The van der Waals surface area contributed by atoms with Crippen molar-refractivity contribution < 1.29 is 14.0 Å². The molecule has 0 amide bonds. The van der Waals surface area contributed by atoms with Gasteiger partial charge in [-0.2, -0.15) is 0 Å². The van der Waals surface area contributed by atoms with Crippen molar-refractivity contribution in [3.63, 3.8) is 0 Å². The average Bonchev–Trinajstić information content (AvgIpc) is 2.25. The summed E-state index contributed by atoms with van der Waals surface area (Å²) >= 11 is 0. The molecule has 3 nitrogen and oxygen atoms in total. The van der Waals surface area contributed by atoms with Crippen LogP contribution in [-0.4, -0.2) is 26.4 Å². The molecule has 0 spiro atoms. The summed E-state index contributed by atoms with van der Waals surface area (Å²) in [5.41, 5.74) is 0. The van der Waals surface area contributed by atoms with Gasteiger partial charge < -0.3 is 9.47 Å². The Morgan fingerprint density at radius 3 is 2.36 bits per heavy atom. The topological polar surface area (TPSA) is 22.3 Å². The van der Waals surface area contributed by atoms with Crippen molar-refractivity contribution in [2.45, 2.75) is 13.5 Å². The Morgan fingerprint density at radius 2 is 1.64 bits per heavy atom. The third-order valence-corrected chi connectivity index (χ3v) is 1.85. The molecule has 0 fully saturated rings. The summed E-state index contributed by atoms with van der Waals surface area (Å²) in [6, 6.07) is 6.03. The predicted molar refractivity (Wildman–Crippen MR) is 53.9 cm³/mol. The van der Waals surface area contributed by atoms with E-state index in [1.54, 1.807) is 0 Å². The van der Waals surface area contributed by atoms with Gasteiger partial charge in [0, 0.05) is 18.7 Å². The summed E-state index contributed by atoms with van der Waals surface area (Å²) in [5, 5.41) is 0. The maximum atomic E-state index is 5.39. The Kier molecular flexibility index (Phi) is 5.95. The molecule has 0 bridgehead atoms. The molecule has 3 heteroatoms. The second-order valence-corrected chi connectivity index (χ2v) is 2.92. The van der Waals surface area contributed by atoms with Gasteiger partial charge in [0.25, 0.3) is 0 Å². The van der Waals surface area contributed by atoms with Crippen molar-refractivity contribution >= 4 is 0 Å². The quantitative estimate of drug-likeness (QED) is 0.480. The van der Waals surface area contributed by atoms with Crippen LogP contribution in [0.4, 0.5) is 0 Å². The van der Waals surface area contributed by atoms with Crippen LogP contribution in [0.5, 0.6) is 0 Å². The van der Waals surface area contributed by atoms with Gasteiger partial charge in [0.05, 0.1) is 13.2 Å². The zero-order chi connectivity index (χ0) is 10.1. The van der Waals surface area contributed by atoms with Crippen LogP contribution in [0.15, 0.2) is 30.6 Å². The van der Waals surface area contributed by atoms with E-state index in [2.05, 4.69) is 4.57 Å². The molecular weight excluding hydrogens is 178 g/mol. The van der Waals surface area contributed by atoms with Crippen molar-refractivity contribution in [1.82, 2.24) is 0 Å². The number of aromatic nitrogens is 1. The molecule has 0 aliphatic rings. The largest absolute Gasteiger partial charge is 0.379 e. The molecule has 1 aromatic rings. The van der Waals surface area contributed by atoms with E-state index in [1.807, 2.05) is 37.5 Å². The van der Waals surface area contributed by atoms with Crippen LogP contribution in [0.1, 0.15) is 6.92 Å². The molecule has 1 aromatic heterocycles. The molecular formula is C11H18NO2+. The fraction of sp³-hybridized carbons (Fsp3) is 0.545. The number of rotatable bonds is 7. The summed E-state index contributed by atoms with van der Waals surface area (Å²) in [6.07, 6.45) is 4.07. The van der Waals surface area contributed by atoms with Gasteiger partial charge in [-0.05, 0) is 6.92 Å². The number of hydrogen-bond donors (Lipinski definition) is 0. The minimum absolute atomic E-state index is 0.682. The number of nitrogens with zero attached hydrogens (tertiary/aromatic N) is 1. The van der Waals surface area contributed by atoms with Crippen LogP contribution in [-0.2, 0) is 16.0 Å². The Bertz CT molecular complexity index is 226. The van der Waals surface area contributed by atoms with E-state index in [9.17, 15) is 0 Å². The first-order chi connectivity index (χ1) is 6.93. The van der Waals surface area contributed by atoms with E-state index in [4.69, 9.17) is 9.47 Å². The molecule has 0 aliphatic heterocycles. The van der Waals surface area contributed by atoms with Crippen LogP contribution in [0.2, 0.25) is 0 Å². The van der Waals surface area contributed by atoms with E-state index < -0.39 is 0 Å². The van der Waals surface area contributed by atoms with Gasteiger partial charge in [0.1, 0.15) is 6.61 Å². The number of ether oxygens (including phenoxy) is 2. The number of hydrogen-bond acceptors (Lipinski definition) is 2. The predicted octanol–water partition coefficient (Wildman–Crippen LogP) is 1.03. The third-order valence-electron chi connectivity index (χ3n) is 1.85. The molecule has 1 heterocycles. The summed E-state index contributed by atoms with van der Waals surface area (Å²) in [6.45, 7) is 5.75. The highest BCUT2D eigenvalue weighted by molar-refractivity contribution is 4.83.